The fourth-order valence-electron chi connectivity index (χ4n) is 3.16. The number of ether oxygens (including phenoxy) is 1. The predicted octanol–water partition coefficient (Wildman–Crippen LogP) is 5.44. The van der Waals surface area contributed by atoms with Gasteiger partial charge < -0.3 is 9.84 Å². The molecule has 3 aromatic carbocycles. The number of amides is 2. The second kappa shape index (κ2) is 7.81. The van der Waals surface area contributed by atoms with Crippen LogP contribution in [0.1, 0.15) is 11.1 Å². The van der Waals surface area contributed by atoms with Crippen LogP contribution in [-0.4, -0.2) is 28.3 Å². The highest BCUT2D eigenvalue weighted by Gasteiger charge is 2.35. The van der Waals surface area contributed by atoms with Crippen molar-refractivity contribution < 1.29 is 19.4 Å². The first-order valence-electron chi connectivity index (χ1n) is 8.76. The van der Waals surface area contributed by atoms with Gasteiger partial charge in [0.25, 0.3) is 11.1 Å². The van der Waals surface area contributed by atoms with E-state index in [9.17, 15) is 14.7 Å². The van der Waals surface area contributed by atoms with E-state index >= 15 is 0 Å². The van der Waals surface area contributed by atoms with E-state index in [-0.39, 0.29) is 28.2 Å². The number of hydrogen-bond donors (Lipinski definition) is 1. The number of benzene rings is 3. The molecule has 0 spiro atoms. The second-order valence-electron chi connectivity index (χ2n) is 6.50. The van der Waals surface area contributed by atoms with Gasteiger partial charge in [-0.3, -0.25) is 14.5 Å². The summed E-state index contributed by atoms with van der Waals surface area (Å²) in [6, 6.07) is 16.7. The molecule has 1 heterocycles. The molecule has 7 heteroatoms. The summed E-state index contributed by atoms with van der Waals surface area (Å²) in [5.74, 6) is -0.358. The average Bonchev–Trinajstić information content (AvgIpc) is 2.97. The number of nitrogens with zero attached hydrogens (tertiary/aromatic N) is 1. The van der Waals surface area contributed by atoms with Crippen LogP contribution in [0.4, 0.5) is 4.79 Å². The van der Waals surface area contributed by atoms with Crippen molar-refractivity contribution in [2.75, 3.05) is 7.11 Å². The first-order chi connectivity index (χ1) is 14.0. The Hall–Kier alpha value is -2.96. The van der Waals surface area contributed by atoms with Crippen LogP contribution in [0.3, 0.4) is 0 Å². The fourth-order valence-corrected chi connectivity index (χ4v) is 4.20. The van der Waals surface area contributed by atoms with Crippen molar-refractivity contribution in [3.63, 3.8) is 0 Å². The topological polar surface area (TPSA) is 66.8 Å². The van der Waals surface area contributed by atoms with Crippen molar-refractivity contribution in [2.45, 2.75) is 6.54 Å². The molecule has 1 aliphatic heterocycles. The normalized spacial score (nSPS) is 15.5. The summed E-state index contributed by atoms with van der Waals surface area (Å²) >= 11 is 6.88. The van der Waals surface area contributed by atoms with Crippen LogP contribution in [0, 0.1) is 0 Å². The van der Waals surface area contributed by atoms with Crippen LogP contribution in [-0.2, 0) is 11.3 Å². The monoisotopic (exact) mass is 425 g/mol. The maximum atomic E-state index is 12.8. The molecule has 2 amide bonds. The van der Waals surface area contributed by atoms with Gasteiger partial charge in [0.15, 0.2) is 11.5 Å². The van der Waals surface area contributed by atoms with Crippen molar-refractivity contribution in [1.82, 2.24) is 4.90 Å². The van der Waals surface area contributed by atoms with Gasteiger partial charge >= 0.3 is 0 Å². The van der Waals surface area contributed by atoms with Crippen LogP contribution >= 0.6 is 23.4 Å². The Balaban J connectivity index is 1.62. The number of imide groups is 1. The standard InChI is InChI=1S/C22H16ClNO4S/c1-28-18-11-17(23)9-16(20(18)25)10-19-21(26)24(22(27)29-19)12-13-6-7-14-4-2-3-5-15(14)8-13/h2-11,25H,12H2,1H3/b19-10-. The van der Waals surface area contributed by atoms with Gasteiger partial charge in [-0.1, -0.05) is 48.0 Å². The second-order valence-corrected chi connectivity index (χ2v) is 7.92. The summed E-state index contributed by atoms with van der Waals surface area (Å²) in [5, 5.41) is 12.4. The van der Waals surface area contributed by atoms with E-state index < -0.39 is 5.91 Å². The predicted molar refractivity (Wildman–Crippen MR) is 115 cm³/mol. The lowest BCUT2D eigenvalue weighted by Gasteiger charge is -2.13. The molecule has 0 unspecified atom stereocenters. The quantitative estimate of drug-likeness (QED) is 0.563. The number of carbonyl (C=O) groups excluding carboxylic acids is 2. The molecule has 146 valence electrons. The molecule has 5 nitrogen and oxygen atoms in total. The molecule has 3 aromatic rings. The molecule has 0 radical (unpaired) electrons. The molecule has 1 fully saturated rings. The van der Waals surface area contributed by atoms with E-state index in [4.69, 9.17) is 16.3 Å². The molecule has 0 saturated carbocycles. The molecule has 1 N–H and O–H groups in total. The summed E-state index contributed by atoms with van der Waals surface area (Å²) in [6.07, 6.45) is 1.45. The molecule has 1 aliphatic rings. The Morgan fingerprint density at radius 1 is 1.10 bits per heavy atom. The summed E-state index contributed by atoms with van der Waals surface area (Å²) in [5.41, 5.74) is 1.17. The zero-order valence-electron chi connectivity index (χ0n) is 15.4. The highest BCUT2D eigenvalue weighted by molar-refractivity contribution is 8.18. The van der Waals surface area contributed by atoms with Gasteiger partial charge in [-0.2, -0.15) is 0 Å². The molecule has 0 atom stereocenters. The van der Waals surface area contributed by atoms with E-state index in [1.54, 1.807) is 0 Å². The molecule has 4 rings (SSSR count). The number of hydrogen-bond acceptors (Lipinski definition) is 5. The largest absolute Gasteiger partial charge is 0.504 e. The van der Waals surface area contributed by atoms with Gasteiger partial charge in [0.2, 0.25) is 0 Å². The molecular formula is C22H16ClNO4S. The van der Waals surface area contributed by atoms with Crippen LogP contribution in [0.2, 0.25) is 5.02 Å². The number of carbonyl (C=O) groups is 2. The maximum absolute atomic E-state index is 12.8. The zero-order chi connectivity index (χ0) is 20.5. The lowest BCUT2D eigenvalue weighted by atomic mass is 10.1. The Kier molecular flexibility index (Phi) is 5.22. The summed E-state index contributed by atoms with van der Waals surface area (Å²) in [6.45, 7) is 0.178. The number of thioether (sulfide) groups is 1. The Morgan fingerprint density at radius 3 is 2.62 bits per heavy atom. The van der Waals surface area contributed by atoms with Gasteiger partial charge in [0.05, 0.1) is 18.6 Å². The molecule has 0 aliphatic carbocycles. The molecular weight excluding hydrogens is 410 g/mol. The van der Waals surface area contributed by atoms with Crippen LogP contribution in [0.25, 0.3) is 16.8 Å². The fraction of sp³-hybridized carbons (Fsp3) is 0.0909. The third-order valence-corrected chi connectivity index (χ3v) is 5.73. The average molecular weight is 426 g/mol. The van der Waals surface area contributed by atoms with Crippen LogP contribution < -0.4 is 4.74 Å². The van der Waals surface area contributed by atoms with E-state index in [2.05, 4.69) is 0 Å². The first kappa shape index (κ1) is 19.4. The zero-order valence-corrected chi connectivity index (χ0v) is 17.0. The van der Waals surface area contributed by atoms with Gasteiger partial charge in [-0.05, 0) is 46.3 Å². The Morgan fingerprint density at radius 2 is 1.86 bits per heavy atom. The Bertz CT molecular complexity index is 1170. The highest BCUT2D eigenvalue weighted by atomic mass is 35.5. The van der Waals surface area contributed by atoms with Gasteiger partial charge in [-0.25, -0.2) is 0 Å². The van der Waals surface area contributed by atoms with Crippen molar-refractivity contribution >= 4 is 51.4 Å². The highest BCUT2D eigenvalue weighted by Crippen LogP contribution is 2.39. The molecule has 1 saturated heterocycles. The molecule has 0 aromatic heterocycles. The SMILES string of the molecule is COc1cc(Cl)cc(/C=C2\SC(=O)N(Cc3ccc4ccccc4c3)C2=O)c1O. The minimum absolute atomic E-state index is 0.141. The first-order valence-corrected chi connectivity index (χ1v) is 9.95. The Labute approximate surface area is 176 Å². The van der Waals surface area contributed by atoms with Crippen molar-refractivity contribution in [3.8, 4) is 11.5 Å². The van der Waals surface area contributed by atoms with Gasteiger partial charge in [0, 0.05) is 16.7 Å². The van der Waals surface area contributed by atoms with E-state index in [0.717, 1.165) is 28.1 Å². The van der Waals surface area contributed by atoms with Crippen molar-refractivity contribution in [1.29, 1.82) is 0 Å². The minimum atomic E-state index is -0.411. The van der Waals surface area contributed by atoms with Gasteiger partial charge in [0.1, 0.15) is 0 Å². The summed E-state index contributed by atoms with van der Waals surface area (Å²) in [4.78, 5) is 26.7. The number of phenols is 1. The lowest BCUT2D eigenvalue weighted by molar-refractivity contribution is -0.123. The summed E-state index contributed by atoms with van der Waals surface area (Å²) in [7, 11) is 1.41. The number of halogens is 1. The van der Waals surface area contributed by atoms with Crippen LogP contribution in [0.5, 0.6) is 11.5 Å². The van der Waals surface area contributed by atoms with Gasteiger partial charge in [-0.15, -0.1) is 0 Å². The number of methoxy groups -OCH3 is 1. The van der Waals surface area contributed by atoms with E-state index in [1.807, 2.05) is 42.5 Å². The third-order valence-electron chi connectivity index (χ3n) is 4.60. The molecule has 29 heavy (non-hydrogen) atoms. The van der Waals surface area contributed by atoms with E-state index in [1.165, 1.54) is 30.2 Å². The lowest BCUT2D eigenvalue weighted by Crippen LogP contribution is -2.27. The summed E-state index contributed by atoms with van der Waals surface area (Å²) < 4.78 is 5.08. The third kappa shape index (κ3) is 3.81. The van der Waals surface area contributed by atoms with Crippen LogP contribution in [0.15, 0.2) is 59.5 Å². The van der Waals surface area contributed by atoms with E-state index in [0.29, 0.717) is 10.6 Å². The maximum Gasteiger partial charge on any atom is 0.293 e. The molecule has 0 bridgehead atoms. The van der Waals surface area contributed by atoms with Crippen molar-refractivity contribution in [3.05, 3.63) is 75.7 Å². The number of rotatable bonds is 4. The van der Waals surface area contributed by atoms with Crippen molar-refractivity contribution in [2.24, 2.45) is 0 Å². The minimum Gasteiger partial charge on any atom is -0.504 e. The number of fused-ring (bicyclic) bond motifs is 1. The smallest absolute Gasteiger partial charge is 0.293 e. The number of aromatic hydroxyl groups is 1. The number of phenolic OH excluding ortho intramolecular Hbond substituents is 1.